The van der Waals surface area contributed by atoms with Gasteiger partial charge >= 0.3 is 0 Å². The molecule has 0 N–H and O–H groups in total. The lowest BCUT2D eigenvalue weighted by Gasteiger charge is -2.41. The van der Waals surface area contributed by atoms with Crippen LogP contribution in [0.15, 0.2) is 18.2 Å². The molecule has 1 heterocycles. The molecule has 1 saturated carbocycles. The molecule has 0 unspecified atom stereocenters. The van der Waals surface area contributed by atoms with Crippen molar-refractivity contribution in [2.24, 2.45) is 0 Å². The number of methoxy groups -OCH3 is 1. The summed E-state index contributed by atoms with van der Waals surface area (Å²) in [6.07, 6.45) is 4.32. The number of hydrogen-bond acceptors (Lipinski definition) is 2. The maximum Gasteiger partial charge on any atom is 0.111 e. The van der Waals surface area contributed by atoms with Gasteiger partial charge in [-0.25, -0.2) is 4.98 Å². The van der Waals surface area contributed by atoms with Crippen LogP contribution in [-0.2, 0) is 17.7 Å². The van der Waals surface area contributed by atoms with Crippen molar-refractivity contribution in [2.45, 2.75) is 44.8 Å². The summed E-state index contributed by atoms with van der Waals surface area (Å²) in [6.45, 7) is 2.98. The van der Waals surface area contributed by atoms with Crippen LogP contribution >= 0.6 is 11.6 Å². The van der Waals surface area contributed by atoms with Crippen molar-refractivity contribution in [3.05, 3.63) is 29.6 Å². The summed E-state index contributed by atoms with van der Waals surface area (Å²) in [5.74, 6) is 1.67. The zero-order valence-corrected chi connectivity index (χ0v) is 12.9. The summed E-state index contributed by atoms with van der Waals surface area (Å²) in [7, 11) is 1.82. The average molecular weight is 293 g/mol. The first-order chi connectivity index (χ1) is 9.67. The van der Waals surface area contributed by atoms with Crippen molar-refractivity contribution in [2.75, 3.05) is 13.0 Å². The van der Waals surface area contributed by atoms with E-state index in [1.807, 2.05) is 7.11 Å². The van der Waals surface area contributed by atoms with Crippen molar-refractivity contribution in [1.29, 1.82) is 0 Å². The Morgan fingerprint density at radius 3 is 2.80 bits per heavy atom. The van der Waals surface area contributed by atoms with E-state index in [0.29, 0.717) is 5.88 Å². The molecule has 3 rings (SSSR count). The van der Waals surface area contributed by atoms with Crippen LogP contribution in [0, 0.1) is 6.92 Å². The van der Waals surface area contributed by atoms with E-state index in [9.17, 15) is 0 Å². The van der Waals surface area contributed by atoms with E-state index in [1.165, 1.54) is 17.5 Å². The highest BCUT2D eigenvalue weighted by Crippen LogP contribution is 2.37. The minimum absolute atomic E-state index is 0.000418. The van der Waals surface area contributed by atoms with E-state index >= 15 is 0 Å². The van der Waals surface area contributed by atoms with E-state index in [2.05, 4.69) is 29.7 Å². The number of halogens is 1. The van der Waals surface area contributed by atoms with Crippen molar-refractivity contribution in [3.8, 4) is 0 Å². The third-order valence-electron chi connectivity index (χ3n) is 4.44. The minimum Gasteiger partial charge on any atom is -0.376 e. The lowest BCUT2D eigenvalue weighted by atomic mass is 9.80. The molecule has 0 aliphatic heterocycles. The third-order valence-corrected chi connectivity index (χ3v) is 4.63. The van der Waals surface area contributed by atoms with Crippen molar-refractivity contribution >= 4 is 22.6 Å². The fourth-order valence-electron chi connectivity index (χ4n) is 3.03. The van der Waals surface area contributed by atoms with E-state index < -0.39 is 0 Å². The van der Waals surface area contributed by atoms with Crippen molar-refractivity contribution < 1.29 is 4.74 Å². The Labute approximate surface area is 124 Å². The highest BCUT2D eigenvalue weighted by atomic mass is 35.5. The van der Waals surface area contributed by atoms with Crippen LogP contribution in [-0.4, -0.2) is 28.1 Å². The number of fused-ring (bicyclic) bond motifs is 1. The van der Waals surface area contributed by atoms with Gasteiger partial charge in [0.15, 0.2) is 0 Å². The minimum atomic E-state index is -0.000418. The van der Waals surface area contributed by atoms with Crippen LogP contribution in [0.2, 0.25) is 0 Å². The van der Waals surface area contributed by atoms with Gasteiger partial charge in [0.2, 0.25) is 0 Å². The molecule has 1 aliphatic carbocycles. The first kappa shape index (κ1) is 13.9. The Kier molecular flexibility index (Phi) is 3.74. The lowest BCUT2D eigenvalue weighted by molar-refractivity contribution is -0.0832. The first-order valence-electron chi connectivity index (χ1n) is 7.24. The van der Waals surface area contributed by atoms with E-state index in [0.717, 1.165) is 37.1 Å². The van der Waals surface area contributed by atoms with E-state index in [1.54, 1.807) is 0 Å². The fourth-order valence-corrected chi connectivity index (χ4v) is 3.20. The average Bonchev–Trinajstić information content (AvgIpc) is 2.71. The van der Waals surface area contributed by atoms with Crippen LogP contribution in [0.4, 0.5) is 0 Å². The number of rotatable bonds is 5. The quantitative estimate of drug-likeness (QED) is 0.786. The topological polar surface area (TPSA) is 27.1 Å². The predicted octanol–water partition coefficient (Wildman–Crippen LogP) is 3.70. The number of imidazole rings is 1. The van der Waals surface area contributed by atoms with Gasteiger partial charge in [-0.3, -0.25) is 0 Å². The van der Waals surface area contributed by atoms with Crippen LogP contribution in [0.3, 0.4) is 0 Å². The second-order valence-electron chi connectivity index (χ2n) is 5.79. The van der Waals surface area contributed by atoms with Gasteiger partial charge in [0, 0.05) is 19.4 Å². The van der Waals surface area contributed by atoms with Crippen LogP contribution < -0.4 is 0 Å². The molecule has 20 heavy (non-hydrogen) atoms. The number of benzene rings is 1. The van der Waals surface area contributed by atoms with Crippen molar-refractivity contribution in [3.63, 3.8) is 0 Å². The Morgan fingerprint density at radius 2 is 2.20 bits per heavy atom. The van der Waals surface area contributed by atoms with Gasteiger partial charge in [0.25, 0.3) is 0 Å². The molecule has 4 heteroatoms. The summed E-state index contributed by atoms with van der Waals surface area (Å²) >= 11 is 5.94. The van der Waals surface area contributed by atoms with E-state index in [4.69, 9.17) is 21.3 Å². The lowest BCUT2D eigenvalue weighted by Crippen LogP contribution is -2.43. The Bertz CT molecular complexity index is 611. The Morgan fingerprint density at radius 1 is 1.40 bits per heavy atom. The molecule has 0 spiro atoms. The van der Waals surface area contributed by atoms with Gasteiger partial charge < -0.3 is 9.30 Å². The van der Waals surface area contributed by atoms with Crippen LogP contribution in [0.1, 0.15) is 30.7 Å². The molecule has 2 aromatic rings. The summed E-state index contributed by atoms with van der Waals surface area (Å²) in [6, 6.07) is 6.45. The first-order valence-corrected chi connectivity index (χ1v) is 7.78. The second kappa shape index (κ2) is 5.38. The molecule has 0 saturated heterocycles. The SMILES string of the molecule is COC1(Cn2c(CCCl)nc3cc(C)ccc32)CCC1. The zero-order valence-electron chi connectivity index (χ0n) is 12.2. The number of ether oxygens (including phenoxy) is 1. The van der Waals surface area contributed by atoms with Gasteiger partial charge in [0.1, 0.15) is 5.82 Å². The molecule has 1 aliphatic rings. The van der Waals surface area contributed by atoms with Gasteiger partial charge in [-0.05, 0) is 43.9 Å². The molecular formula is C16H21ClN2O. The van der Waals surface area contributed by atoms with Gasteiger partial charge in [-0.15, -0.1) is 11.6 Å². The number of alkyl halides is 1. The van der Waals surface area contributed by atoms with Crippen molar-refractivity contribution in [1.82, 2.24) is 9.55 Å². The molecular weight excluding hydrogens is 272 g/mol. The normalized spacial score (nSPS) is 17.4. The molecule has 0 bridgehead atoms. The van der Waals surface area contributed by atoms with Gasteiger partial charge in [-0.2, -0.15) is 0 Å². The van der Waals surface area contributed by atoms with Gasteiger partial charge in [0.05, 0.1) is 23.2 Å². The summed E-state index contributed by atoms with van der Waals surface area (Å²) < 4.78 is 8.08. The predicted molar refractivity (Wildman–Crippen MR) is 82.5 cm³/mol. The molecule has 0 amide bonds. The molecule has 108 valence electrons. The highest BCUT2D eigenvalue weighted by Gasteiger charge is 2.38. The van der Waals surface area contributed by atoms with E-state index in [-0.39, 0.29) is 5.60 Å². The van der Waals surface area contributed by atoms with Crippen LogP contribution in [0.5, 0.6) is 0 Å². The fraction of sp³-hybridized carbons (Fsp3) is 0.562. The number of aromatic nitrogens is 2. The standard InChI is InChI=1S/C16H21ClN2O/c1-12-4-5-14-13(10-12)18-15(6-9-17)19(14)11-16(20-2)7-3-8-16/h4-5,10H,3,6-9,11H2,1-2H3. The maximum absolute atomic E-state index is 5.94. The summed E-state index contributed by atoms with van der Waals surface area (Å²) in [5, 5.41) is 0. The monoisotopic (exact) mass is 292 g/mol. The molecule has 0 radical (unpaired) electrons. The maximum atomic E-state index is 5.94. The Hall–Kier alpha value is -1.06. The second-order valence-corrected chi connectivity index (χ2v) is 6.16. The smallest absolute Gasteiger partial charge is 0.111 e. The number of aryl methyl sites for hydroxylation is 2. The number of nitrogens with zero attached hydrogens (tertiary/aromatic N) is 2. The third kappa shape index (κ3) is 2.33. The summed E-state index contributed by atoms with van der Waals surface area (Å²) in [4.78, 5) is 4.76. The molecule has 1 fully saturated rings. The molecule has 1 aromatic heterocycles. The molecule has 0 atom stereocenters. The summed E-state index contributed by atoms with van der Waals surface area (Å²) in [5.41, 5.74) is 3.50. The molecule has 3 nitrogen and oxygen atoms in total. The zero-order chi connectivity index (χ0) is 14.2. The Balaban J connectivity index is 2.04. The molecule has 1 aromatic carbocycles. The van der Waals surface area contributed by atoms with Crippen LogP contribution in [0.25, 0.3) is 11.0 Å². The van der Waals surface area contributed by atoms with Gasteiger partial charge in [-0.1, -0.05) is 6.07 Å². The number of hydrogen-bond donors (Lipinski definition) is 0. The highest BCUT2D eigenvalue weighted by molar-refractivity contribution is 6.17. The largest absolute Gasteiger partial charge is 0.376 e.